The van der Waals surface area contributed by atoms with E-state index in [0.717, 1.165) is 62.5 Å². The molecule has 1 aromatic carbocycles. The van der Waals surface area contributed by atoms with Gasteiger partial charge in [0.25, 0.3) is 5.56 Å². The summed E-state index contributed by atoms with van der Waals surface area (Å²) >= 11 is 5.73. The summed E-state index contributed by atoms with van der Waals surface area (Å²) in [5.74, 6) is 2.15. The monoisotopic (exact) mass is 498 g/mol. The number of furan rings is 1. The number of rotatable bonds is 8. The summed E-state index contributed by atoms with van der Waals surface area (Å²) in [7, 11) is 0. The Labute approximate surface area is 208 Å². The van der Waals surface area contributed by atoms with Crippen molar-refractivity contribution in [1.82, 2.24) is 20.1 Å². The number of nitrogens with zero attached hydrogens (tertiary/aromatic N) is 2. The van der Waals surface area contributed by atoms with E-state index in [9.17, 15) is 4.79 Å². The number of pyridine rings is 1. The smallest absolute Gasteiger partial charge is 0.253 e. The third-order valence-electron chi connectivity index (χ3n) is 6.23. The van der Waals surface area contributed by atoms with E-state index in [2.05, 4.69) is 15.2 Å². The molecule has 2 aromatic heterocycles. The van der Waals surface area contributed by atoms with Crippen molar-refractivity contribution in [3.63, 3.8) is 0 Å². The second-order valence-electron chi connectivity index (χ2n) is 8.67. The summed E-state index contributed by atoms with van der Waals surface area (Å²) in [6.07, 6.45) is 2.56. The third kappa shape index (κ3) is 5.95. The number of hydrogen-bond donors (Lipinski definition) is 2. The lowest BCUT2D eigenvalue weighted by molar-refractivity contribution is 0.0367. The molecule has 1 fully saturated rings. The van der Waals surface area contributed by atoms with Gasteiger partial charge in [-0.1, -0.05) is 0 Å². The van der Waals surface area contributed by atoms with Crippen LogP contribution in [0.4, 0.5) is 0 Å². The lowest BCUT2D eigenvalue weighted by Crippen LogP contribution is -2.42. The summed E-state index contributed by atoms with van der Waals surface area (Å²) in [5.41, 5.74) is 1.23. The first-order valence-electron chi connectivity index (χ1n) is 12.0. The molecule has 0 unspecified atom stereocenters. The Morgan fingerprint density at radius 3 is 2.69 bits per heavy atom. The van der Waals surface area contributed by atoms with E-state index in [-0.39, 0.29) is 5.56 Å². The van der Waals surface area contributed by atoms with Gasteiger partial charge in [-0.25, -0.2) is 0 Å². The first-order chi connectivity index (χ1) is 17.2. The maximum Gasteiger partial charge on any atom is 0.253 e. The summed E-state index contributed by atoms with van der Waals surface area (Å²) in [6.45, 7) is 7.02. The van der Waals surface area contributed by atoms with Crippen molar-refractivity contribution in [3.8, 4) is 11.5 Å². The highest BCUT2D eigenvalue weighted by molar-refractivity contribution is 7.80. The molecule has 0 spiro atoms. The van der Waals surface area contributed by atoms with Crippen LogP contribution in [0.3, 0.4) is 0 Å². The molecule has 2 aliphatic heterocycles. The molecule has 35 heavy (non-hydrogen) atoms. The Kier molecular flexibility index (Phi) is 7.51. The van der Waals surface area contributed by atoms with Gasteiger partial charge < -0.3 is 33.8 Å². The van der Waals surface area contributed by atoms with Gasteiger partial charge in [0.15, 0.2) is 16.6 Å². The van der Waals surface area contributed by atoms with Gasteiger partial charge in [0.1, 0.15) is 19.0 Å². The summed E-state index contributed by atoms with van der Waals surface area (Å²) in [4.78, 5) is 20.4. The van der Waals surface area contributed by atoms with Crippen LogP contribution in [-0.2, 0) is 17.8 Å². The van der Waals surface area contributed by atoms with Crippen molar-refractivity contribution < 1.29 is 18.6 Å². The van der Waals surface area contributed by atoms with E-state index in [1.54, 1.807) is 6.26 Å². The van der Waals surface area contributed by atoms with E-state index in [4.69, 9.17) is 30.8 Å². The molecule has 2 aliphatic rings. The number of ether oxygens (including phenoxy) is 3. The second kappa shape index (κ2) is 11.1. The quantitative estimate of drug-likeness (QED) is 0.455. The molecule has 1 saturated heterocycles. The van der Waals surface area contributed by atoms with Gasteiger partial charge >= 0.3 is 0 Å². The maximum absolute atomic E-state index is 13.0. The third-order valence-corrected chi connectivity index (χ3v) is 6.63. The predicted octanol–water partition coefficient (Wildman–Crippen LogP) is 2.49. The molecule has 3 aromatic rings. The fourth-order valence-corrected chi connectivity index (χ4v) is 4.59. The van der Waals surface area contributed by atoms with Crippen LogP contribution in [0.2, 0.25) is 0 Å². The van der Waals surface area contributed by atoms with Crippen LogP contribution >= 0.6 is 12.2 Å². The van der Waals surface area contributed by atoms with Gasteiger partial charge in [-0.2, -0.15) is 0 Å². The average Bonchev–Trinajstić information content (AvgIpc) is 3.40. The van der Waals surface area contributed by atoms with Gasteiger partial charge in [-0.3, -0.25) is 9.69 Å². The van der Waals surface area contributed by atoms with E-state index in [1.165, 1.54) is 0 Å². The molecule has 0 saturated carbocycles. The number of thiocarbonyl (C=S) groups is 1. The zero-order valence-corrected chi connectivity index (χ0v) is 20.4. The topological polar surface area (TPSA) is 92.2 Å². The fraction of sp³-hybridized carbons (Fsp3) is 0.440. The van der Waals surface area contributed by atoms with Crippen molar-refractivity contribution in [2.24, 2.45) is 0 Å². The van der Waals surface area contributed by atoms with Gasteiger partial charge in [0.05, 0.1) is 38.1 Å². The summed E-state index contributed by atoms with van der Waals surface area (Å²) in [5, 5.41) is 4.76. The Hall–Kier alpha value is -3.08. The molecule has 0 bridgehead atoms. The number of nitrogens with one attached hydrogen (secondary N) is 2. The van der Waals surface area contributed by atoms with Crippen molar-refractivity contribution in [1.29, 1.82) is 0 Å². The minimum absolute atomic E-state index is 0.138. The lowest BCUT2D eigenvalue weighted by atomic mass is 10.1. The van der Waals surface area contributed by atoms with Crippen LogP contribution in [0.1, 0.15) is 17.7 Å². The number of morpholine rings is 1. The number of H-pyrrole nitrogens is 1. The highest BCUT2D eigenvalue weighted by atomic mass is 32.1. The molecule has 186 valence electrons. The number of benzene rings is 1. The van der Waals surface area contributed by atoms with Gasteiger partial charge in [0, 0.05) is 43.2 Å². The van der Waals surface area contributed by atoms with E-state index >= 15 is 0 Å². The van der Waals surface area contributed by atoms with Crippen LogP contribution in [0.5, 0.6) is 11.5 Å². The first kappa shape index (κ1) is 23.7. The number of aromatic nitrogens is 1. The fourth-order valence-electron chi connectivity index (χ4n) is 4.36. The molecule has 10 heteroatoms. The zero-order chi connectivity index (χ0) is 24.0. The number of hydrogen-bond acceptors (Lipinski definition) is 7. The Balaban J connectivity index is 1.32. The maximum atomic E-state index is 13.0. The SMILES string of the molecule is O=c1[nH]c2cc3c(cc2cc1CN(CCCN1CCOCC1)C(=S)NCc1ccco1)OCCO3. The molecular formula is C25H30N4O5S. The number of aromatic amines is 1. The normalized spacial score (nSPS) is 15.8. The number of fused-ring (bicyclic) bond motifs is 2. The van der Waals surface area contributed by atoms with Crippen LogP contribution in [-0.4, -0.2) is 72.5 Å². The first-order valence-corrected chi connectivity index (χ1v) is 12.4. The Morgan fingerprint density at radius 1 is 1.11 bits per heavy atom. The Bertz CT molecular complexity index is 1210. The van der Waals surface area contributed by atoms with Crippen molar-refractivity contribution in [2.75, 3.05) is 52.6 Å². The molecule has 0 atom stereocenters. The van der Waals surface area contributed by atoms with Gasteiger partial charge in [-0.05, 0) is 42.9 Å². The van der Waals surface area contributed by atoms with Crippen LogP contribution in [0.15, 0.2) is 45.8 Å². The Morgan fingerprint density at radius 2 is 1.91 bits per heavy atom. The van der Waals surface area contributed by atoms with Gasteiger partial charge in [-0.15, -0.1) is 0 Å². The molecule has 5 rings (SSSR count). The predicted molar refractivity (Wildman–Crippen MR) is 136 cm³/mol. The highest BCUT2D eigenvalue weighted by Gasteiger charge is 2.18. The average molecular weight is 499 g/mol. The highest BCUT2D eigenvalue weighted by Crippen LogP contribution is 2.33. The molecule has 4 heterocycles. The molecule has 0 amide bonds. The minimum Gasteiger partial charge on any atom is -0.486 e. The standard InChI is InChI=1S/C25H30N4O5S/c30-24-19(13-18-14-22-23(15-21(18)27-24)34-12-11-33-22)17-29(5-2-4-28-6-9-31-10-7-28)25(35)26-16-20-3-1-8-32-20/h1,3,8,13-15H,2,4-7,9-12,16-17H2,(H,26,35)(H,27,30). The molecule has 0 aliphatic carbocycles. The molecular weight excluding hydrogens is 468 g/mol. The summed E-state index contributed by atoms with van der Waals surface area (Å²) < 4.78 is 22.2. The van der Waals surface area contributed by atoms with Crippen molar-refractivity contribution in [3.05, 3.63) is 58.3 Å². The van der Waals surface area contributed by atoms with E-state index in [1.807, 2.05) is 35.2 Å². The van der Waals surface area contributed by atoms with Gasteiger partial charge in [0.2, 0.25) is 0 Å². The molecule has 0 radical (unpaired) electrons. The molecule has 2 N–H and O–H groups in total. The summed E-state index contributed by atoms with van der Waals surface area (Å²) in [6, 6.07) is 9.40. The van der Waals surface area contributed by atoms with Crippen LogP contribution in [0.25, 0.3) is 10.9 Å². The van der Waals surface area contributed by atoms with Crippen LogP contribution < -0.4 is 20.3 Å². The van der Waals surface area contributed by atoms with E-state index < -0.39 is 0 Å². The zero-order valence-electron chi connectivity index (χ0n) is 19.6. The lowest BCUT2D eigenvalue weighted by Gasteiger charge is -2.29. The molecule has 9 nitrogen and oxygen atoms in total. The second-order valence-corrected chi connectivity index (χ2v) is 9.06. The van der Waals surface area contributed by atoms with Crippen molar-refractivity contribution >= 4 is 28.2 Å². The minimum atomic E-state index is -0.138. The van der Waals surface area contributed by atoms with E-state index in [0.29, 0.717) is 48.5 Å². The largest absolute Gasteiger partial charge is 0.486 e. The van der Waals surface area contributed by atoms with Crippen LogP contribution in [0, 0.1) is 0 Å². The van der Waals surface area contributed by atoms with Crippen molar-refractivity contribution in [2.45, 2.75) is 19.5 Å².